The molecular formula is C11H11BrO3. The summed E-state index contributed by atoms with van der Waals surface area (Å²) in [4.78, 5) is 21.6. The van der Waals surface area contributed by atoms with Crippen LogP contribution in [0.25, 0.3) is 0 Å². The van der Waals surface area contributed by atoms with Gasteiger partial charge in [0, 0.05) is 17.3 Å². The molecule has 80 valence electrons. The van der Waals surface area contributed by atoms with Crippen molar-refractivity contribution in [1.29, 1.82) is 0 Å². The van der Waals surface area contributed by atoms with Crippen molar-refractivity contribution in [2.24, 2.45) is 0 Å². The van der Waals surface area contributed by atoms with Gasteiger partial charge < -0.3 is 5.11 Å². The third kappa shape index (κ3) is 4.74. The van der Waals surface area contributed by atoms with Gasteiger partial charge in [0.05, 0.1) is 6.42 Å². The highest BCUT2D eigenvalue weighted by atomic mass is 79.9. The summed E-state index contributed by atoms with van der Waals surface area (Å²) in [6.45, 7) is 0. The number of aliphatic carboxylic acids is 1. The summed E-state index contributed by atoms with van der Waals surface area (Å²) >= 11 is 3.31. The number of rotatable bonds is 5. The van der Waals surface area contributed by atoms with Gasteiger partial charge in [-0.3, -0.25) is 9.59 Å². The maximum absolute atomic E-state index is 11.3. The van der Waals surface area contributed by atoms with Crippen LogP contribution in [0.3, 0.4) is 0 Å². The average molecular weight is 271 g/mol. The number of benzene rings is 1. The molecular weight excluding hydrogens is 260 g/mol. The Morgan fingerprint density at radius 2 is 2.00 bits per heavy atom. The second-order valence-electron chi connectivity index (χ2n) is 3.24. The normalized spacial score (nSPS) is 9.93. The molecule has 0 aliphatic rings. The first-order valence-electron chi connectivity index (χ1n) is 4.56. The zero-order chi connectivity index (χ0) is 11.3. The van der Waals surface area contributed by atoms with Gasteiger partial charge >= 0.3 is 5.97 Å². The molecule has 0 atom stereocenters. The molecule has 0 aliphatic heterocycles. The fourth-order valence-electron chi connectivity index (χ4n) is 1.21. The lowest BCUT2D eigenvalue weighted by Gasteiger charge is -2.00. The van der Waals surface area contributed by atoms with Crippen LogP contribution in [-0.4, -0.2) is 16.9 Å². The van der Waals surface area contributed by atoms with Gasteiger partial charge in [0.15, 0.2) is 0 Å². The molecule has 3 nitrogen and oxygen atoms in total. The van der Waals surface area contributed by atoms with Crippen LogP contribution in [0.15, 0.2) is 28.7 Å². The molecule has 0 spiro atoms. The van der Waals surface area contributed by atoms with E-state index < -0.39 is 5.97 Å². The van der Waals surface area contributed by atoms with Gasteiger partial charge in [-0.05, 0) is 17.7 Å². The summed E-state index contributed by atoms with van der Waals surface area (Å²) in [5, 5.41) is 8.41. The van der Waals surface area contributed by atoms with Gasteiger partial charge in [-0.25, -0.2) is 0 Å². The summed E-state index contributed by atoms with van der Waals surface area (Å²) in [6, 6.07) is 7.44. The number of halogens is 1. The average Bonchev–Trinajstić information content (AvgIpc) is 2.15. The van der Waals surface area contributed by atoms with Gasteiger partial charge in [0.25, 0.3) is 0 Å². The van der Waals surface area contributed by atoms with Crippen molar-refractivity contribution in [1.82, 2.24) is 0 Å². The lowest BCUT2D eigenvalue weighted by atomic mass is 10.1. The number of hydrogen-bond acceptors (Lipinski definition) is 2. The van der Waals surface area contributed by atoms with Gasteiger partial charge in [-0.2, -0.15) is 0 Å². The van der Waals surface area contributed by atoms with Gasteiger partial charge in [-0.1, -0.05) is 28.1 Å². The van der Waals surface area contributed by atoms with E-state index in [9.17, 15) is 9.59 Å². The highest BCUT2D eigenvalue weighted by Gasteiger charge is 2.06. The topological polar surface area (TPSA) is 54.4 Å². The predicted molar refractivity (Wildman–Crippen MR) is 59.7 cm³/mol. The largest absolute Gasteiger partial charge is 0.481 e. The minimum Gasteiger partial charge on any atom is -0.481 e. The lowest BCUT2D eigenvalue weighted by molar-refractivity contribution is -0.138. The summed E-state index contributed by atoms with van der Waals surface area (Å²) in [7, 11) is 0. The first-order valence-corrected chi connectivity index (χ1v) is 5.35. The van der Waals surface area contributed by atoms with Crippen LogP contribution in [0.4, 0.5) is 0 Å². The summed E-state index contributed by atoms with van der Waals surface area (Å²) in [5.41, 5.74) is 0.903. The smallest absolute Gasteiger partial charge is 0.303 e. The van der Waals surface area contributed by atoms with E-state index in [0.29, 0.717) is 6.42 Å². The Hall–Kier alpha value is -1.16. The van der Waals surface area contributed by atoms with Gasteiger partial charge in [0.1, 0.15) is 5.78 Å². The molecule has 4 heteroatoms. The van der Waals surface area contributed by atoms with Crippen molar-refractivity contribution in [2.45, 2.75) is 19.3 Å². The van der Waals surface area contributed by atoms with Gasteiger partial charge in [-0.15, -0.1) is 0 Å². The van der Waals surface area contributed by atoms with E-state index in [1.54, 1.807) is 0 Å². The van der Waals surface area contributed by atoms with Crippen LogP contribution in [0.5, 0.6) is 0 Å². The summed E-state index contributed by atoms with van der Waals surface area (Å²) in [6.07, 6.45) is 0.307. The van der Waals surface area contributed by atoms with Crippen molar-refractivity contribution >= 4 is 27.7 Å². The fraction of sp³-hybridized carbons (Fsp3) is 0.273. The Kier molecular flexibility index (Phi) is 4.49. The minimum atomic E-state index is -0.933. The predicted octanol–water partition coefficient (Wildman–Crippen LogP) is 2.43. The van der Waals surface area contributed by atoms with Crippen molar-refractivity contribution in [3.8, 4) is 0 Å². The molecule has 0 radical (unpaired) electrons. The number of Topliss-reactive ketones (excluding diaryl/α,β-unsaturated/α-hetero) is 1. The molecule has 1 aromatic carbocycles. The summed E-state index contributed by atoms with van der Waals surface area (Å²) in [5.74, 6) is -0.979. The number of carboxylic acid groups (broad SMARTS) is 1. The number of carbonyl (C=O) groups excluding carboxylic acids is 1. The standard InChI is InChI=1S/C11H11BrO3/c12-9-3-1-2-8(6-9)7-10(13)4-5-11(14)15/h1-3,6H,4-5,7H2,(H,14,15). The molecule has 1 rings (SSSR count). The molecule has 0 aromatic heterocycles. The van der Waals surface area contributed by atoms with E-state index in [2.05, 4.69) is 15.9 Å². The zero-order valence-corrected chi connectivity index (χ0v) is 9.66. The Labute approximate surface area is 96.2 Å². The lowest BCUT2D eigenvalue weighted by Crippen LogP contribution is -2.06. The molecule has 0 amide bonds. The van der Waals surface area contributed by atoms with Crippen LogP contribution in [0.1, 0.15) is 18.4 Å². The monoisotopic (exact) mass is 270 g/mol. The van der Waals surface area contributed by atoms with Crippen LogP contribution in [0, 0.1) is 0 Å². The van der Waals surface area contributed by atoms with E-state index in [4.69, 9.17) is 5.11 Å². The van der Waals surface area contributed by atoms with Crippen LogP contribution in [0.2, 0.25) is 0 Å². The highest BCUT2D eigenvalue weighted by Crippen LogP contribution is 2.12. The van der Waals surface area contributed by atoms with Crippen molar-refractivity contribution in [3.05, 3.63) is 34.3 Å². The Bertz CT molecular complexity index is 374. The fourth-order valence-corrected chi connectivity index (χ4v) is 1.66. The van der Waals surface area contributed by atoms with E-state index >= 15 is 0 Å². The molecule has 0 saturated heterocycles. The molecule has 0 fully saturated rings. The molecule has 0 aliphatic carbocycles. The maximum Gasteiger partial charge on any atom is 0.303 e. The third-order valence-electron chi connectivity index (χ3n) is 1.91. The van der Waals surface area contributed by atoms with E-state index in [1.807, 2.05) is 24.3 Å². The van der Waals surface area contributed by atoms with Crippen LogP contribution < -0.4 is 0 Å². The maximum atomic E-state index is 11.3. The number of carboxylic acids is 1. The van der Waals surface area contributed by atoms with Crippen molar-refractivity contribution in [2.75, 3.05) is 0 Å². The molecule has 1 N–H and O–H groups in total. The number of hydrogen-bond donors (Lipinski definition) is 1. The van der Waals surface area contributed by atoms with Crippen molar-refractivity contribution in [3.63, 3.8) is 0 Å². The molecule has 0 saturated carbocycles. The third-order valence-corrected chi connectivity index (χ3v) is 2.40. The molecule has 0 bridgehead atoms. The van der Waals surface area contributed by atoms with E-state index in [1.165, 1.54) is 0 Å². The van der Waals surface area contributed by atoms with E-state index in [0.717, 1.165) is 10.0 Å². The first kappa shape index (κ1) is 11.9. The Morgan fingerprint density at radius 3 is 2.60 bits per heavy atom. The Morgan fingerprint density at radius 1 is 1.27 bits per heavy atom. The highest BCUT2D eigenvalue weighted by molar-refractivity contribution is 9.10. The number of ketones is 1. The van der Waals surface area contributed by atoms with Crippen molar-refractivity contribution < 1.29 is 14.7 Å². The Balaban J connectivity index is 2.48. The number of carbonyl (C=O) groups is 2. The second kappa shape index (κ2) is 5.66. The summed E-state index contributed by atoms with van der Waals surface area (Å²) < 4.78 is 0.922. The minimum absolute atomic E-state index is 0.0458. The van der Waals surface area contributed by atoms with Gasteiger partial charge in [0.2, 0.25) is 0 Å². The molecule has 0 heterocycles. The molecule has 15 heavy (non-hydrogen) atoms. The van der Waals surface area contributed by atoms with Crippen LogP contribution >= 0.6 is 15.9 Å². The quantitative estimate of drug-likeness (QED) is 0.894. The van der Waals surface area contributed by atoms with E-state index in [-0.39, 0.29) is 18.6 Å². The molecule has 1 aromatic rings. The molecule has 0 unspecified atom stereocenters. The first-order chi connectivity index (χ1) is 7.08. The second-order valence-corrected chi connectivity index (χ2v) is 4.15. The van der Waals surface area contributed by atoms with Crippen LogP contribution in [-0.2, 0) is 16.0 Å². The zero-order valence-electron chi connectivity index (χ0n) is 8.07. The SMILES string of the molecule is O=C(O)CCC(=O)Cc1cccc(Br)c1.